The fourth-order valence-electron chi connectivity index (χ4n) is 3.51. The van der Waals surface area contributed by atoms with Crippen molar-refractivity contribution in [3.8, 4) is 0 Å². The number of aliphatic hydroxyl groups is 2. The molecule has 1 aliphatic rings. The van der Waals surface area contributed by atoms with Crippen LogP contribution in [0.3, 0.4) is 0 Å². The minimum Gasteiger partial charge on any atom is -0.748 e. The minimum atomic E-state index is -4.54. The average Bonchev–Trinajstić information content (AvgIpc) is 3.01. The summed E-state index contributed by atoms with van der Waals surface area (Å²) < 4.78 is 34.1. The fraction of sp³-hybridized carbons (Fsp3) is 0.800. The molecule has 0 radical (unpaired) electrons. The molecule has 0 saturated heterocycles. The molecule has 2 N–H and O–H groups in total. The van der Waals surface area contributed by atoms with E-state index in [0.29, 0.717) is 18.9 Å². The van der Waals surface area contributed by atoms with E-state index in [2.05, 4.69) is 6.92 Å². The molecule has 0 spiro atoms. The zero-order valence-electron chi connectivity index (χ0n) is 18.5. The second-order valence-corrected chi connectivity index (χ2v) is 8.96. The van der Waals surface area contributed by atoms with Gasteiger partial charge in [-0.1, -0.05) is 51.2 Å². The molecule has 0 aromatic heterocycles. The monoisotopic (exact) mass is 455 g/mol. The summed E-state index contributed by atoms with van der Waals surface area (Å²) in [5.41, 5.74) is 0. The number of hydrogen-bond acceptors (Lipinski definition) is 7. The molecule has 1 rings (SSSR count). The molecule has 30 heavy (non-hydrogen) atoms. The average molecular weight is 456 g/mol. The number of ketones is 1. The van der Waals surface area contributed by atoms with Gasteiger partial charge in [0, 0.05) is 6.42 Å². The Hall–Kier alpha value is -0.290. The van der Waals surface area contributed by atoms with Gasteiger partial charge in [-0.05, 0) is 12.8 Å². The second kappa shape index (κ2) is 16.4. The summed E-state index contributed by atoms with van der Waals surface area (Å²) in [5.74, 6) is -0.665. The maximum absolute atomic E-state index is 12.7. The van der Waals surface area contributed by atoms with Crippen LogP contribution in [0.2, 0.25) is 0 Å². The Morgan fingerprint density at radius 1 is 1.23 bits per heavy atom. The summed E-state index contributed by atoms with van der Waals surface area (Å²) in [6, 6.07) is 0. The molecule has 1 unspecified atom stereocenters. The SMILES string of the molecule is CCCCCCCC/C=C/CC(=O)C1=[N+](CC(O)CS(=O)(=O)[O-])CCN1CCO.[Na+]. The third kappa shape index (κ3) is 12.5. The van der Waals surface area contributed by atoms with Crippen molar-refractivity contribution in [1.82, 2.24) is 4.90 Å². The number of carbonyl (C=O) groups excluding carboxylic acids is 1. The summed E-state index contributed by atoms with van der Waals surface area (Å²) in [7, 11) is -4.54. The van der Waals surface area contributed by atoms with Crippen LogP contribution >= 0.6 is 0 Å². The Morgan fingerprint density at radius 3 is 2.53 bits per heavy atom. The van der Waals surface area contributed by atoms with Crippen LogP contribution in [0, 0.1) is 0 Å². The summed E-state index contributed by atoms with van der Waals surface area (Å²) in [6.07, 6.45) is 10.9. The molecule has 1 aliphatic heterocycles. The molecular formula is C20H36N2NaO6S+. The Bertz CT molecular complexity index is 666. The first-order valence-electron chi connectivity index (χ1n) is 10.6. The number of hydrogen-bond donors (Lipinski definition) is 2. The van der Waals surface area contributed by atoms with Crippen molar-refractivity contribution in [2.45, 2.75) is 64.4 Å². The zero-order chi connectivity index (χ0) is 21.7. The molecule has 0 aromatic carbocycles. The summed E-state index contributed by atoms with van der Waals surface area (Å²) in [6.45, 7) is 3.19. The number of rotatable bonds is 16. The van der Waals surface area contributed by atoms with Gasteiger partial charge in [0.25, 0.3) is 0 Å². The normalized spacial score (nSPS) is 15.7. The number of Topliss-reactive ketones (excluding diaryl/α,β-unsaturated/α-hetero) is 1. The molecule has 8 nitrogen and oxygen atoms in total. The number of unbranched alkanes of at least 4 members (excludes halogenated alkanes) is 6. The van der Waals surface area contributed by atoms with Crippen molar-refractivity contribution >= 4 is 21.7 Å². The Labute approximate surface area is 203 Å². The molecule has 0 amide bonds. The second-order valence-electron chi connectivity index (χ2n) is 7.51. The van der Waals surface area contributed by atoms with Gasteiger partial charge < -0.3 is 14.8 Å². The van der Waals surface area contributed by atoms with Gasteiger partial charge in [0.1, 0.15) is 32.3 Å². The third-order valence-corrected chi connectivity index (χ3v) is 5.67. The van der Waals surface area contributed by atoms with Gasteiger partial charge in [-0.25, -0.2) is 8.42 Å². The first-order chi connectivity index (χ1) is 13.8. The van der Waals surface area contributed by atoms with Crippen LogP contribution in [-0.4, -0.2) is 88.9 Å². The van der Waals surface area contributed by atoms with Gasteiger partial charge in [0.2, 0.25) is 5.78 Å². The van der Waals surface area contributed by atoms with E-state index in [9.17, 15) is 28.0 Å². The van der Waals surface area contributed by atoms with Crippen molar-refractivity contribution in [2.75, 3.05) is 38.5 Å². The van der Waals surface area contributed by atoms with Gasteiger partial charge in [-0.15, -0.1) is 0 Å². The van der Waals surface area contributed by atoms with Gasteiger partial charge >= 0.3 is 35.4 Å². The quantitative estimate of drug-likeness (QED) is 0.0898. The molecule has 0 bridgehead atoms. The first-order valence-corrected chi connectivity index (χ1v) is 12.1. The summed E-state index contributed by atoms with van der Waals surface area (Å²) in [4.78, 5) is 14.4. The molecule has 10 heteroatoms. The largest absolute Gasteiger partial charge is 1.00 e. The maximum Gasteiger partial charge on any atom is 1.00 e. The first kappa shape index (κ1) is 29.7. The van der Waals surface area contributed by atoms with E-state index >= 15 is 0 Å². The Morgan fingerprint density at radius 2 is 1.90 bits per heavy atom. The van der Waals surface area contributed by atoms with Crippen molar-refractivity contribution in [3.63, 3.8) is 0 Å². The number of allylic oxidation sites excluding steroid dienone is 2. The minimum absolute atomic E-state index is 0. The fourth-order valence-corrected chi connectivity index (χ4v) is 4.08. The molecule has 0 aliphatic carbocycles. The predicted molar refractivity (Wildman–Crippen MR) is 111 cm³/mol. The van der Waals surface area contributed by atoms with Crippen molar-refractivity contribution in [2.24, 2.45) is 0 Å². The number of β-amino-alcohol motifs (C(OH)–C–C–N with tert-alkyl or cyclic N) is 2. The topological polar surface area (TPSA) is 121 Å². The number of amidine groups is 1. The number of aliphatic hydroxyl groups excluding tert-OH is 2. The Balaban J connectivity index is 0.00000841. The van der Waals surface area contributed by atoms with Gasteiger partial charge in [-0.2, -0.15) is 0 Å². The van der Waals surface area contributed by atoms with Crippen LogP contribution in [0.5, 0.6) is 0 Å². The van der Waals surface area contributed by atoms with Crippen LogP contribution in [0.15, 0.2) is 12.2 Å². The molecule has 1 heterocycles. The molecule has 0 fully saturated rings. The van der Waals surface area contributed by atoms with Crippen LogP contribution in [0.1, 0.15) is 58.3 Å². The molecular weight excluding hydrogens is 419 g/mol. The Kier molecular flexibility index (Phi) is 16.2. The van der Waals surface area contributed by atoms with Crippen molar-refractivity contribution in [1.29, 1.82) is 0 Å². The van der Waals surface area contributed by atoms with E-state index in [0.717, 1.165) is 12.8 Å². The zero-order valence-corrected chi connectivity index (χ0v) is 21.3. The van der Waals surface area contributed by atoms with E-state index in [-0.39, 0.29) is 61.5 Å². The van der Waals surface area contributed by atoms with Gasteiger partial charge in [-0.3, -0.25) is 14.3 Å². The van der Waals surface area contributed by atoms with Crippen LogP contribution in [-0.2, 0) is 14.9 Å². The van der Waals surface area contributed by atoms with E-state index in [1.165, 1.54) is 32.1 Å². The standard InChI is InChI=1S/C20H36N2O6S.Na/c1-2-3-4-5-6-7-8-9-10-11-19(25)20-21(14-15-23)12-13-22(20)16-18(24)17-29(26,27)28;/h9-10,18,23-24H,2-8,11-17H2,1H3;/q;+1/b10-9+;. The molecule has 0 aromatic rings. The third-order valence-electron chi connectivity index (χ3n) is 4.88. The maximum atomic E-state index is 12.7. The van der Waals surface area contributed by atoms with Crippen molar-refractivity contribution in [3.05, 3.63) is 12.2 Å². The molecule has 0 saturated carbocycles. The van der Waals surface area contributed by atoms with Gasteiger partial charge in [0.05, 0.1) is 22.5 Å². The van der Waals surface area contributed by atoms with E-state index in [4.69, 9.17) is 0 Å². The van der Waals surface area contributed by atoms with Gasteiger partial charge in [0.15, 0.2) is 0 Å². The smallest absolute Gasteiger partial charge is 0.748 e. The van der Waals surface area contributed by atoms with Crippen molar-refractivity contribution < 1.29 is 62.1 Å². The molecule has 1 atom stereocenters. The summed E-state index contributed by atoms with van der Waals surface area (Å²) >= 11 is 0. The van der Waals surface area contributed by atoms with E-state index < -0.39 is 22.0 Å². The van der Waals surface area contributed by atoms with E-state index in [1.54, 1.807) is 9.48 Å². The van der Waals surface area contributed by atoms with Crippen LogP contribution in [0.4, 0.5) is 0 Å². The van der Waals surface area contributed by atoms with Crippen LogP contribution < -0.4 is 29.6 Å². The number of carbonyl (C=O) groups is 1. The number of nitrogens with zero attached hydrogens (tertiary/aromatic N) is 2. The van der Waals surface area contributed by atoms with Crippen LogP contribution in [0.25, 0.3) is 0 Å². The van der Waals surface area contributed by atoms with E-state index in [1.807, 2.05) is 12.2 Å². The predicted octanol–water partition coefficient (Wildman–Crippen LogP) is -2.12. The molecule has 168 valence electrons. The summed E-state index contributed by atoms with van der Waals surface area (Å²) in [5, 5.41) is 19.1.